The number of nitrogen functional groups attached to an aromatic ring is 1. The lowest BCUT2D eigenvalue weighted by molar-refractivity contribution is 0.0730. The number of anilines is 1. The Bertz CT molecular complexity index is 1290. The minimum absolute atomic E-state index is 0.0126. The molecule has 1 aliphatic rings. The molecule has 11 heteroatoms. The third kappa shape index (κ3) is 4.26. The fourth-order valence-corrected chi connectivity index (χ4v) is 4.78. The zero-order valence-corrected chi connectivity index (χ0v) is 17.8. The summed E-state index contributed by atoms with van der Waals surface area (Å²) in [6, 6.07) is 12.7. The van der Waals surface area contributed by atoms with E-state index >= 15 is 0 Å². The number of carbonyl (C=O) groups excluding carboxylic acids is 2. The van der Waals surface area contributed by atoms with E-state index in [-0.39, 0.29) is 34.8 Å². The molecule has 10 nitrogen and oxygen atoms in total. The molecule has 4 N–H and O–H groups in total. The summed E-state index contributed by atoms with van der Waals surface area (Å²) in [6.07, 6.45) is 1.33. The molecular formula is C21H21N5O5S. The number of nitrogens with two attached hydrogens (primary N) is 1. The summed E-state index contributed by atoms with van der Waals surface area (Å²) < 4.78 is 32.1. The van der Waals surface area contributed by atoms with E-state index in [1.807, 2.05) is 6.07 Å². The van der Waals surface area contributed by atoms with Crippen molar-refractivity contribution in [1.29, 1.82) is 0 Å². The van der Waals surface area contributed by atoms with Crippen molar-refractivity contribution in [3.63, 3.8) is 0 Å². The van der Waals surface area contributed by atoms with Crippen molar-refractivity contribution in [1.82, 2.24) is 20.1 Å². The van der Waals surface area contributed by atoms with Crippen LogP contribution in [0.1, 0.15) is 20.7 Å². The molecule has 0 atom stereocenters. The van der Waals surface area contributed by atoms with Crippen LogP contribution in [0.15, 0.2) is 59.6 Å². The van der Waals surface area contributed by atoms with Gasteiger partial charge in [-0.05, 0) is 24.3 Å². The number of para-hydroxylation sites is 1. The van der Waals surface area contributed by atoms with Crippen LogP contribution in [0, 0.1) is 0 Å². The van der Waals surface area contributed by atoms with Crippen LogP contribution in [-0.4, -0.2) is 55.8 Å². The van der Waals surface area contributed by atoms with Gasteiger partial charge in [-0.2, -0.15) is 4.31 Å². The number of hydrogen-bond donors (Lipinski definition) is 3. The number of morpholine rings is 1. The third-order valence-corrected chi connectivity index (χ3v) is 6.95. The highest BCUT2D eigenvalue weighted by Crippen LogP contribution is 2.22. The summed E-state index contributed by atoms with van der Waals surface area (Å²) >= 11 is 0. The Labute approximate surface area is 184 Å². The zero-order valence-electron chi connectivity index (χ0n) is 16.9. The number of nitrogens with zero attached hydrogens (tertiary/aromatic N) is 2. The Morgan fingerprint density at radius 3 is 2.50 bits per heavy atom. The lowest BCUT2D eigenvalue weighted by Crippen LogP contribution is -2.42. The number of nitrogens with one attached hydrogen (secondary N) is 2. The maximum absolute atomic E-state index is 12.8. The topological polar surface area (TPSA) is 144 Å². The summed E-state index contributed by atoms with van der Waals surface area (Å²) in [7, 11) is -3.76. The normalized spacial score (nSPS) is 14.8. The first kappa shape index (κ1) is 21.7. The van der Waals surface area contributed by atoms with Gasteiger partial charge in [-0.15, -0.1) is 0 Å². The first-order valence-corrected chi connectivity index (χ1v) is 11.2. The number of aromatic nitrogens is 1. The van der Waals surface area contributed by atoms with Crippen molar-refractivity contribution >= 4 is 38.4 Å². The Hall–Kier alpha value is -3.54. The molecule has 0 aliphatic carbocycles. The highest BCUT2D eigenvalue weighted by atomic mass is 32.2. The van der Waals surface area contributed by atoms with Crippen molar-refractivity contribution in [2.75, 3.05) is 32.0 Å². The van der Waals surface area contributed by atoms with E-state index in [0.29, 0.717) is 24.1 Å². The number of carbonyl (C=O) groups is 2. The summed E-state index contributed by atoms with van der Waals surface area (Å²) in [6.45, 7) is 1.13. The van der Waals surface area contributed by atoms with Crippen LogP contribution in [0.2, 0.25) is 0 Å². The van der Waals surface area contributed by atoms with Crippen molar-refractivity contribution < 1.29 is 22.7 Å². The minimum Gasteiger partial charge on any atom is -0.397 e. The Kier molecular flexibility index (Phi) is 6.04. The number of pyridine rings is 1. The second-order valence-corrected chi connectivity index (χ2v) is 8.99. The molecule has 3 aromatic rings. The highest BCUT2D eigenvalue weighted by molar-refractivity contribution is 7.89. The van der Waals surface area contributed by atoms with Crippen LogP contribution < -0.4 is 16.6 Å². The third-order valence-electron chi connectivity index (χ3n) is 5.06. The predicted octanol–water partition coefficient (Wildman–Crippen LogP) is 0.913. The van der Waals surface area contributed by atoms with E-state index in [2.05, 4.69) is 15.8 Å². The SMILES string of the molecule is Nc1c(C(=O)NNC(=O)c2cccc(S(=O)(=O)N3CCOCC3)c2)cnc2ccccc12. The van der Waals surface area contributed by atoms with E-state index < -0.39 is 21.8 Å². The monoisotopic (exact) mass is 455 g/mol. The summed E-state index contributed by atoms with van der Waals surface area (Å²) in [5, 5.41) is 0.618. The van der Waals surface area contributed by atoms with Crippen molar-refractivity contribution in [3.05, 3.63) is 65.9 Å². The number of hydrogen-bond acceptors (Lipinski definition) is 7. The van der Waals surface area contributed by atoms with Crippen molar-refractivity contribution in [2.24, 2.45) is 0 Å². The van der Waals surface area contributed by atoms with Crippen LogP contribution in [0.4, 0.5) is 5.69 Å². The molecule has 4 rings (SSSR count). The quantitative estimate of drug-likeness (QED) is 0.496. The number of benzene rings is 2. The second kappa shape index (κ2) is 8.91. The van der Waals surface area contributed by atoms with Gasteiger partial charge in [-0.25, -0.2) is 8.42 Å². The molecule has 0 radical (unpaired) electrons. The van der Waals surface area contributed by atoms with Gasteiger partial charge >= 0.3 is 0 Å². The molecule has 2 heterocycles. The fourth-order valence-electron chi connectivity index (χ4n) is 3.33. The van der Waals surface area contributed by atoms with Crippen LogP contribution in [0.5, 0.6) is 0 Å². The molecule has 1 aliphatic heterocycles. The van der Waals surface area contributed by atoms with Gasteiger partial charge in [0.1, 0.15) is 0 Å². The maximum atomic E-state index is 12.8. The van der Waals surface area contributed by atoms with Crippen LogP contribution >= 0.6 is 0 Å². The lowest BCUT2D eigenvalue weighted by atomic mass is 10.1. The smallest absolute Gasteiger partial charge is 0.273 e. The number of sulfonamides is 1. The van der Waals surface area contributed by atoms with Crippen LogP contribution in [0.3, 0.4) is 0 Å². The summed E-state index contributed by atoms with van der Waals surface area (Å²) in [5.74, 6) is -1.32. The summed E-state index contributed by atoms with van der Waals surface area (Å²) in [4.78, 5) is 29.2. The molecule has 166 valence electrons. The standard InChI is InChI=1S/C21H21N5O5S/c22-19-16-6-1-2-7-18(16)23-13-17(19)21(28)25-24-20(27)14-4-3-5-15(12-14)32(29,30)26-8-10-31-11-9-26/h1-7,12-13H,8-11H2,(H2,22,23)(H,24,27)(H,25,28). The van der Waals surface area contributed by atoms with E-state index in [4.69, 9.17) is 10.5 Å². The Morgan fingerprint density at radius 2 is 1.72 bits per heavy atom. The van der Waals surface area contributed by atoms with Gasteiger partial charge in [0.05, 0.1) is 34.9 Å². The van der Waals surface area contributed by atoms with Crippen LogP contribution in [0.25, 0.3) is 10.9 Å². The van der Waals surface area contributed by atoms with Gasteiger partial charge in [0.2, 0.25) is 10.0 Å². The van der Waals surface area contributed by atoms with Gasteiger partial charge in [-0.3, -0.25) is 25.4 Å². The lowest BCUT2D eigenvalue weighted by Gasteiger charge is -2.26. The molecule has 0 saturated carbocycles. The zero-order chi connectivity index (χ0) is 22.7. The molecule has 2 amide bonds. The van der Waals surface area contributed by atoms with Gasteiger partial charge in [-0.1, -0.05) is 24.3 Å². The van der Waals surface area contributed by atoms with E-state index in [1.54, 1.807) is 18.2 Å². The highest BCUT2D eigenvalue weighted by Gasteiger charge is 2.27. The van der Waals surface area contributed by atoms with Crippen LogP contribution in [-0.2, 0) is 14.8 Å². The first-order valence-electron chi connectivity index (χ1n) is 9.80. The molecule has 1 fully saturated rings. The minimum atomic E-state index is -3.76. The van der Waals surface area contributed by atoms with Gasteiger partial charge in [0.15, 0.2) is 0 Å². The average molecular weight is 455 g/mol. The largest absolute Gasteiger partial charge is 0.397 e. The number of ether oxygens (including phenoxy) is 1. The van der Waals surface area contributed by atoms with E-state index in [1.165, 1.54) is 34.8 Å². The number of rotatable bonds is 4. The number of amides is 2. The average Bonchev–Trinajstić information content (AvgIpc) is 2.83. The van der Waals surface area contributed by atoms with Gasteiger partial charge < -0.3 is 10.5 Å². The van der Waals surface area contributed by atoms with Crippen molar-refractivity contribution in [3.8, 4) is 0 Å². The summed E-state index contributed by atoms with van der Waals surface area (Å²) in [5.41, 5.74) is 11.7. The maximum Gasteiger partial charge on any atom is 0.273 e. The number of fused-ring (bicyclic) bond motifs is 1. The molecule has 0 bridgehead atoms. The predicted molar refractivity (Wildman–Crippen MR) is 117 cm³/mol. The molecule has 2 aromatic carbocycles. The molecule has 0 spiro atoms. The first-order chi connectivity index (χ1) is 15.4. The Morgan fingerprint density at radius 1 is 1.00 bits per heavy atom. The fraction of sp³-hybridized carbons (Fsp3) is 0.190. The molecule has 1 aromatic heterocycles. The van der Waals surface area contributed by atoms with Gasteiger partial charge in [0.25, 0.3) is 11.8 Å². The molecule has 0 unspecified atom stereocenters. The van der Waals surface area contributed by atoms with Crippen molar-refractivity contribution in [2.45, 2.75) is 4.90 Å². The molecular weight excluding hydrogens is 434 g/mol. The Balaban J connectivity index is 1.47. The second-order valence-electron chi connectivity index (χ2n) is 7.06. The van der Waals surface area contributed by atoms with E-state index in [0.717, 1.165) is 0 Å². The molecule has 1 saturated heterocycles. The van der Waals surface area contributed by atoms with Gasteiger partial charge in [0, 0.05) is 30.2 Å². The number of hydrazine groups is 1. The molecule has 32 heavy (non-hydrogen) atoms. The van der Waals surface area contributed by atoms with E-state index in [9.17, 15) is 18.0 Å².